The van der Waals surface area contributed by atoms with Gasteiger partial charge < -0.3 is 0 Å². The minimum Gasteiger partial charge on any atom is -0.272 e. The van der Waals surface area contributed by atoms with Crippen LogP contribution >= 0.6 is 11.8 Å². The van der Waals surface area contributed by atoms with E-state index in [-0.39, 0.29) is 0 Å². The summed E-state index contributed by atoms with van der Waals surface area (Å²) in [5.74, 6) is 3.33. The van der Waals surface area contributed by atoms with E-state index >= 15 is 0 Å². The average molecular weight is 310 g/mol. The van der Waals surface area contributed by atoms with Crippen molar-refractivity contribution in [2.24, 2.45) is 5.92 Å². The van der Waals surface area contributed by atoms with Gasteiger partial charge in [0.05, 0.1) is 29.1 Å². The fourth-order valence-corrected chi connectivity index (χ4v) is 4.09. The number of aromatic nitrogens is 4. The van der Waals surface area contributed by atoms with E-state index in [9.17, 15) is 0 Å². The molecule has 3 aromatic rings. The Bertz CT molecular complexity index is 777. The smallest absolute Gasteiger partial charge is 0.0924 e. The molecule has 0 saturated carbocycles. The third kappa shape index (κ3) is 2.86. The first-order valence-electron chi connectivity index (χ1n) is 7.71. The van der Waals surface area contributed by atoms with Crippen LogP contribution in [0.15, 0.2) is 42.9 Å². The van der Waals surface area contributed by atoms with E-state index in [1.807, 2.05) is 36.7 Å². The van der Waals surface area contributed by atoms with E-state index in [0.717, 1.165) is 34.8 Å². The molecule has 1 fully saturated rings. The number of rotatable bonds is 3. The number of para-hydroxylation sites is 2. The van der Waals surface area contributed by atoms with Crippen LogP contribution in [0.1, 0.15) is 12.8 Å². The number of nitrogens with zero attached hydrogens (tertiary/aromatic N) is 4. The molecular formula is C17H18N4S. The van der Waals surface area contributed by atoms with Gasteiger partial charge in [-0.2, -0.15) is 16.9 Å². The first kappa shape index (κ1) is 13.8. The van der Waals surface area contributed by atoms with E-state index in [4.69, 9.17) is 0 Å². The second-order valence-corrected chi connectivity index (χ2v) is 6.98. The molecule has 0 N–H and O–H groups in total. The molecule has 22 heavy (non-hydrogen) atoms. The average Bonchev–Trinajstić information content (AvgIpc) is 3.04. The lowest BCUT2D eigenvalue weighted by atomic mass is 10.0. The van der Waals surface area contributed by atoms with Crippen LogP contribution in [0.25, 0.3) is 22.3 Å². The van der Waals surface area contributed by atoms with Gasteiger partial charge in [-0.3, -0.25) is 9.67 Å². The maximum atomic E-state index is 4.69. The molecule has 1 aliphatic rings. The van der Waals surface area contributed by atoms with Crippen molar-refractivity contribution in [3.8, 4) is 11.3 Å². The summed E-state index contributed by atoms with van der Waals surface area (Å²) in [6.07, 6.45) is 8.43. The predicted octanol–water partition coefficient (Wildman–Crippen LogP) is 3.64. The quantitative estimate of drug-likeness (QED) is 0.741. The van der Waals surface area contributed by atoms with Crippen molar-refractivity contribution in [1.82, 2.24) is 19.7 Å². The van der Waals surface area contributed by atoms with Crippen LogP contribution in [0.5, 0.6) is 0 Å². The molecule has 112 valence electrons. The van der Waals surface area contributed by atoms with Crippen LogP contribution < -0.4 is 0 Å². The molecule has 0 atom stereocenters. The van der Waals surface area contributed by atoms with Crippen LogP contribution in [0.2, 0.25) is 0 Å². The van der Waals surface area contributed by atoms with Gasteiger partial charge in [0, 0.05) is 18.3 Å². The third-order valence-corrected chi connectivity index (χ3v) is 5.21. The second-order valence-electron chi connectivity index (χ2n) is 5.75. The summed E-state index contributed by atoms with van der Waals surface area (Å²) in [7, 11) is 0. The topological polar surface area (TPSA) is 43.6 Å². The highest BCUT2D eigenvalue weighted by Gasteiger charge is 2.15. The largest absolute Gasteiger partial charge is 0.272 e. The minimum absolute atomic E-state index is 0.761. The van der Waals surface area contributed by atoms with Gasteiger partial charge in [0.2, 0.25) is 0 Å². The number of hydrogen-bond acceptors (Lipinski definition) is 4. The molecule has 5 heteroatoms. The van der Waals surface area contributed by atoms with E-state index in [1.165, 1.54) is 24.3 Å². The molecule has 1 saturated heterocycles. The lowest BCUT2D eigenvalue weighted by Crippen LogP contribution is -2.16. The summed E-state index contributed by atoms with van der Waals surface area (Å²) in [6, 6.07) is 7.95. The van der Waals surface area contributed by atoms with E-state index in [2.05, 4.69) is 37.7 Å². The highest BCUT2D eigenvalue weighted by molar-refractivity contribution is 7.99. The standard InChI is InChI=1S/C17H18N4S/c1-2-4-16-15(3-1)18-10-17(20-16)14-9-19-21(12-14)11-13-5-7-22-8-6-13/h1-4,9-10,12-13H,5-8,11H2. The summed E-state index contributed by atoms with van der Waals surface area (Å²) in [5, 5.41) is 4.51. The summed E-state index contributed by atoms with van der Waals surface area (Å²) in [6.45, 7) is 1.02. The van der Waals surface area contributed by atoms with Gasteiger partial charge in [0.1, 0.15) is 0 Å². The van der Waals surface area contributed by atoms with Crippen molar-refractivity contribution >= 4 is 22.8 Å². The van der Waals surface area contributed by atoms with Crippen molar-refractivity contribution in [2.45, 2.75) is 19.4 Å². The lowest BCUT2D eigenvalue weighted by Gasteiger charge is -2.20. The van der Waals surface area contributed by atoms with E-state index in [1.54, 1.807) is 0 Å². The zero-order valence-electron chi connectivity index (χ0n) is 12.4. The fraction of sp³-hybridized carbons (Fsp3) is 0.353. The molecular weight excluding hydrogens is 292 g/mol. The Labute approximate surface area is 134 Å². The molecule has 0 spiro atoms. The fourth-order valence-electron chi connectivity index (χ4n) is 2.89. The molecule has 0 amide bonds. The van der Waals surface area contributed by atoms with Crippen LogP contribution in [0, 0.1) is 5.92 Å². The molecule has 4 rings (SSSR count). The maximum absolute atomic E-state index is 4.69. The Hall–Kier alpha value is -1.88. The lowest BCUT2D eigenvalue weighted by molar-refractivity contribution is 0.394. The Morgan fingerprint density at radius 3 is 2.77 bits per heavy atom. The van der Waals surface area contributed by atoms with E-state index < -0.39 is 0 Å². The first-order chi connectivity index (χ1) is 10.9. The zero-order valence-corrected chi connectivity index (χ0v) is 13.2. The minimum atomic E-state index is 0.761. The third-order valence-electron chi connectivity index (χ3n) is 4.16. The summed E-state index contributed by atoms with van der Waals surface area (Å²) >= 11 is 2.06. The molecule has 0 unspecified atom stereocenters. The van der Waals surface area contributed by atoms with Crippen LogP contribution in [-0.2, 0) is 6.54 Å². The van der Waals surface area contributed by atoms with E-state index in [0.29, 0.717) is 0 Å². The molecule has 1 aliphatic heterocycles. The maximum Gasteiger partial charge on any atom is 0.0924 e. The Kier molecular flexibility index (Phi) is 3.81. The molecule has 2 aromatic heterocycles. The van der Waals surface area contributed by atoms with Gasteiger partial charge in [-0.15, -0.1) is 0 Å². The summed E-state index contributed by atoms with van der Waals surface area (Å²) < 4.78 is 2.06. The zero-order chi connectivity index (χ0) is 14.8. The highest BCUT2D eigenvalue weighted by atomic mass is 32.2. The Morgan fingerprint density at radius 2 is 1.91 bits per heavy atom. The van der Waals surface area contributed by atoms with Crippen molar-refractivity contribution in [3.63, 3.8) is 0 Å². The van der Waals surface area contributed by atoms with Crippen LogP contribution in [0.3, 0.4) is 0 Å². The monoisotopic (exact) mass is 310 g/mol. The molecule has 0 radical (unpaired) electrons. The number of hydrogen-bond donors (Lipinski definition) is 0. The van der Waals surface area contributed by atoms with Crippen molar-refractivity contribution in [3.05, 3.63) is 42.9 Å². The first-order valence-corrected chi connectivity index (χ1v) is 8.86. The summed E-state index contributed by atoms with van der Waals surface area (Å²) in [4.78, 5) is 9.17. The van der Waals surface area contributed by atoms with Crippen molar-refractivity contribution < 1.29 is 0 Å². The van der Waals surface area contributed by atoms with Gasteiger partial charge in [-0.05, 0) is 42.4 Å². The molecule has 1 aromatic carbocycles. The van der Waals surface area contributed by atoms with Gasteiger partial charge in [0.25, 0.3) is 0 Å². The Morgan fingerprint density at radius 1 is 1.09 bits per heavy atom. The molecule has 4 nitrogen and oxygen atoms in total. The van der Waals surface area contributed by atoms with Gasteiger partial charge in [-0.25, -0.2) is 4.98 Å². The molecule has 3 heterocycles. The molecule has 0 bridgehead atoms. The Balaban J connectivity index is 1.56. The SMILES string of the molecule is c1ccc2nc(-c3cnn(CC4CCSCC4)c3)cnc2c1. The van der Waals surface area contributed by atoms with Crippen molar-refractivity contribution in [1.29, 1.82) is 0 Å². The van der Waals surface area contributed by atoms with Crippen LogP contribution in [0.4, 0.5) is 0 Å². The predicted molar refractivity (Wildman–Crippen MR) is 90.8 cm³/mol. The second kappa shape index (κ2) is 6.08. The number of fused-ring (bicyclic) bond motifs is 1. The summed E-state index contributed by atoms with van der Waals surface area (Å²) in [5.41, 5.74) is 3.79. The normalized spacial score (nSPS) is 16.2. The molecule has 0 aliphatic carbocycles. The van der Waals surface area contributed by atoms with Crippen molar-refractivity contribution in [2.75, 3.05) is 11.5 Å². The number of benzene rings is 1. The van der Waals surface area contributed by atoms with Gasteiger partial charge in [0.15, 0.2) is 0 Å². The highest BCUT2D eigenvalue weighted by Crippen LogP contribution is 2.25. The van der Waals surface area contributed by atoms with Crippen LogP contribution in [-0.4, -0.2) is 31.3 Å². The number of thioether (sulfide) groups is 1. The van der Waals surface area contributed by atoms with Gasteiger partial charge in [-0.1, -0.05) is 12.1 Å². The van der Waals surface area contributed by atoms with Gasteiger partial charge >= 0.3 is 0 Å².